The summed E-state index contributed by atoms with van der Waals surface area (Å²) in [7, 11) is 0. The van der Waals surface area contributed by atoms with Crippen molar-refractivity contribution in [2.45, 2.75) is 12.8 Å². The van der Waals surface area contributed by atoms with Gasteiger partial charge in [-0.3, -0.25) is 0 Å². The quantitative estimate of drug-likeness (QED) is 0.152. The highest BCUT2D eigenvalue weighted by molar-refractivity contribution is 6.10. The Hall–Kier alpha value is -8.92. The molecule has 1 aromatic heterocycles. The number of benzene rings is 10. The second-order valence-corrected chi connectivity index (χ2v) is 17.5. The highest BCUT2D eigenvalue weighted by atomic mass is 16.3. The summed E-state index contributed by atoms with van der Waals surface area (Å²) in [6.45, 7) is 0. The molecule has 3 heteroatoms. The normalized spacial score (nSPS) is 12.0. The minimum atomic E-state index is 0.287. The number of hydrogen-bond acceptors (Lipinski definition) is 2. The van der Waals surface area contributed by atoms with Gasteiger partial charge in [-0.05, 0) is 141 Å². The van der Waals surface area contributed by atoms with Gasteiger partial charge in [-0.15, -0.1) is 0 Å². The van der Waals surface area contributed by atoms with Crippen LogP contribution in [0.4, 0.5) is 11.4 Å². The van der Waals surface area contributed by atoms with Crippen molar-refractivity contribution in [1.82, 2.24) is 4.57 Å². The van der Waals surface area contributed by atoms with Gasteiger partial charge in [-0.25, -0.2) is 0 Å². The van der Waals surface area contributed by atoms with Gasteiger partial charge in [0, 0.05) is 33.4 Å². The lowest BCUT2D eigenvalue weighted by atomic mass is 9.95. The number of aromatic nitrogens is 1. The molecule has 0 amide bonds. The standard InChI is InChI=1S/C48H34N2O.C18H16/c51-48-16-7-5-13-43(48)39-10-8-9-37(31-39)36-23-28-41(29-24-36)49-40-26-21-34(22-27-40)33-17-19-35(20-18-33)38-25-30-47-45(32-38)44-14-4-6-15-46(44)50(47)42-11-2-1-3-12-42;1-3-7-15(8-4-1)17-11-13-18(14-12-17)16-9-5-2-6-10-16/h1-32,49,51H;1-5,7-9,11-14H,6,10H2. The molecule has 69 heavy (non-hydrogen) atoms. The summed E-state index contributed by atoms with van der Waals surface area (Å²) in [5, 5.41) is 16.4. The number of para-hydroxylation sites is 3. The van der Waals surface area contributed by atoms with E-state index in [-0.39, 0.29) is 5.75 Å². The molecule has 3 nitrogen and oxygen atoms in total. The lowest BCUT2D eigenvalue weighted by Gasteiger charge is -2.11. The van der Waals surface area contributed by atoms with Gasteiger partial charge in [0.2, 0.25) is 0 Å². The third-order valence-electron chi connectivity index (χ3n) is 13.1. The van der Waals surface area contributed by atoms with Crippen LogP contribution in [0, 0.1) is 0 Å². The third kappa shape index (κ3) is 9.27. The molecule has 0 bridgehead atoms. The maximum absolute atomic E-state index is 10.3. The molecule has 1 aliphatic carbocycles. The number of hydrogen-bond donors (Lipinski definition) is 2. The van der Waals surface area contributed by atoms with E-state index in [0.29, 0.717) is 0 Å². The van der Waals surface area contributed by atoms with Crippen LogP contribution in [0.3, 0.4) is 0 Å². The molecule has 10 aromatic carbocycles. The number of nitrogens with one attached hydrogen (secondary N) is 1. The molecular formula is C66H50N2O. The fraction of sp³-hybridized carbons (Fsp3) is 0.0303. The van der Waals surface area contributed by atoms with Gasteiger partial charge >= 0.3 is 0 Å². The molecule has 0 radical (unpaired) electrons. The van der Waals surface area contributed by atoms with Crippen molar-refractivity contribution in [2.24, 2.45) is 0 Å². The molecule has 1 heterocycles. The second-order valence-electron chi connectivity index (χ2n) is 17.5. The van der Waals surface area contributed by atoms with Gasteiger partial charge in [-0.2, -0.15) is 0 Å². The Bertz CT molecular complexity index is 3590. The van der Waals surface area contributed by atoms with Crippen molar-refractivity contribution < 1.29 is 5.11 Å². The van der Waals surface area contributed by atoms with Crippen molar-refractivity contribution in [3.8, 4) is 67.1 Å². The molecule has 0 unspecified atom stereocenters. The molecule has 0 saturated carbocycles. The first kappa shape index (κ1) is 42.7. The van der Waals surface area contributed by atoms with Crippen LogP contribution in [0.25, 0.3) is 88.7 Å². The number of phenols is 1. The van der Waals surface area contributed by atoms with E-state index in [2.05, 4.69) is 240 Å². The molecule has 1 aliphatic rings. The first-order valence-corrected chi connectivity index (χ1v) is 23.7. The van der Waals surface area contributed by atoms with Crippen LogP contribution in [0.5, 0.6) is 5.75 Å². The summed E-state index contributed by atoms with van der Waals surface area (Å²) in [4.78, 5) is 0. The second kappa shape index (κ2) is 19.5. The monoisotopic (exact) mass is 886 g/mol. The summed E-state index contributed by atoms with van der Waals surface area (Å²) in [5.74, 6) is 0.287. The van der Waals surface area contributed by atoms with Crippen LogP contribution in [0.1, 0.15) is 18.4 Å². The molecule has 0 atom stereocenters. The molecule has 0 spiro atoms. The van der Waals surface area contributed by atoms with Gasteiger partial charge in [0.25, 0.3) is 0 Å². The minimum Gasteiger partial charge on any atom is -0.507 e. The summed E-state index contributed by atoms with van der Waals surface area (Å²) in [6, 6.07) is 87.1. The highest BCUT2D eigenvalue weighted by Gasteiger charge is 2.14. The maximum atomic E-state index is 10.3. The Kier molecular flexibility index (Phi) is 12.1. The van der Waals surface area contributed by atoms with Crippen LogP contribution in [0.2, 0.25) is 0 Å². The number of anilines is 2. The average molecular weight is 887 g/mol. The summed E-state index contributed by atoms with van der Waals surface area (Å²) >= 11 is 0. The fourth-order valence-corrected chi connectivity index (χ4v) is 9.46. The molecule has 12 rings (SSSR count). The van der Waals surface area contributed by atoms with Crippen molar-refractivity contribution in [2.75, 3.05) is 5.32 Å². The van der Waals surface area contributed by atoms with E-state index in [9.17, 15) is 5.11 Å². The van der Waals surface area contributed by atoms with Gasteiger partial charge in [0.05, 0.1) is 11.0 Å². The summed E-state index contributed by atoms with van der Waals surface area (Å²) < 4.78 is 2.35. The van der Waals surface area contributed by atoms with Crippen molar-refractivity contribution >= 4 is 38.8 Å². The van der Waals surface area contributed by atoms with Crippen LogP contribution in [-0.4, -0.2) is 9.67 Å². The van der Waals surface area contributed by atoms with Crippen molar-refractivity contribution in [1.29, 1.82) is 0 Å². The first-order chi connectivity index (χ1) is 34.1. The highest BCUT2D eigenvalue weighted by Crippen LogP contribution is 2.37. The maximum Gasteiger partial charge on any atom is 0.123 e. The Morgan fingerprint density at radius 1 is 0.362 bits per heavy atom. The molecule has 0 fully saturated rings. The number of nitrogens with zero attached hydrogens (tertiary/aromatic N) is 1. The number of fused-ring (bicyclic) bond motifs is 3. The Labute approximate surface area is 404 Å². The van der Waals surface area contributed by atoms with Gasteiger partial charge < -0.3 is 15.0 Å². The average Bonchev–Trinajstić information content (AvgIpc) is 3.76. The Morgan fingerprint density at radius 2 is 0.841 bits per heavy atom. The number of allylic oxidation sites excluding steroid dienone is 4. The van der Waals surface area contributed by atoms with Crippen molar-refractivity contribution in [3.63, 3.8) is 0 Å². The van der Waals surface area contributed by atoms with Crippen LogP contribution < -0.4 is 5.32 Å². The topological polar surface area (TPSA) is 37.2 Å². The Balaban J connectivity index is 0.000000242. The fourth-order valence-electron chi connectivity index (χ4n) is 9.46. The number of aromatic hydroxyl groups is 1. The molecule has 0 aliphatic heterocycles. The summed E-state index contributed by atoms with van der Waals surface area (Å²) in [5.41, 5.74) is 19.8. The van der Waals surface area contributed by atoms with E-state index in [1.807, 2.05) is 30.3 Å². The van der Waals surface area contributed by atoms with Crippen molar-refractivity contribution in [3.05, 3.63) is 273 Å². The van der Waals surface area contributed by atoms with Gasteiger partial charge in [-0.1, -0.05) is 200 Å². The zero-order chi connectivity index (χ0) is 46.4. The zero-order valence-corrected chi connectivity index (χ0v) is 38.2. The van der Waals surface area contributed by atoms with Gasteiger partial charge in [0.15, 0.2) is 0 Å². The van der Waals surface area contributed by atoms with Crippen LogP contribution >= 0.6 is 0 Å². The lowest BCUT2D eigenvalue weighted by Crippen LogP contribution is -1.92. The van der Waals surface area contributed by atoms with E-state index < -0.39 is 0 Å². The number of phenolic OH excluding ortho intramolecular Hbond substituents is 1. The van der Waals surface area contributed by atoms with Crippen LogP contribution in [0.15, 0.2) is 267 Å². The van der Waals surface area contributed by atoms with E-state index in [0.717, 1.165) is 46.5 Å². The molecule has 330 valence electrons. The molecule has 11 aromatic rings. The van der Waals surface area contributed by atoms with E-state index in [4.69, 9.17) is 0 Å². The molecule has 2 N–H and O–H groups in total. The van der Waals surface area contributed by atoms with E-state index >= 15 is 0 Å². The predicted octanol–water partition coefficient (Wildman–Crippen LogP) is 18.0. The zero-order valence-electron chi connectivity index (χ0n) is 38.2. The number of rotatable bonds is 9. The SMILES string of the molecule is C1=CCCC(c2ccc(-c3ccccc3)cc2)=C1.Oc1ccccc1-c1cccc(-c2ccc(Nc3ccc(-c4ccc(-c5ccc6c(c5)c5ccccc5n6-c5ccccc5)cc4)cc3)cc2)c1. The first-order valence-electron chi connectivity index (χ1n) is 23.7. The van der Waals surface area contributed by atoms with Gasteiger partial charge in [0.1, 0.15) is 5.75 Å². The minimum absolute atomic E-state index is 0.287. The largest absolute Gasteiger partial charge is 0.507 e. The predicted molar refractivity (Wildman–Crippen MR) is 292 cm³/mol. The molecule has 0 saturated heterocycles. The summed E-state index contributed by atoms with van der Waals surface area (Å²) in [6.07, 6.45) is 8.92. The smallest absolute Gasteiger partial charge is 0.123 e. The Morgan fingerprint density at radius 3 is 1.48 bits per heavy atom. The lowest BCUT2D eigenvalue weighted by molar-refractivity contribution is 0.477. The van der Waals surface area contributed by atoms with E-state index in [1.165, 1.54) is 72.0 Å². The van der Waals surface area contributed by atoms with E-state index in [1.54, 1.807) is 6.07 Å². The molecular weight excluding hydrogens is 837 g/mol. The van der Waals surface area contributed by atoms with Crippen LogP contribution in [-0.2, 0) is 0 Å². The third-order valence-corrected chi connectivity index (χ3v) is 13.1.